The Bertz CT molecular complexity index is 520. The molecule has 0 saturated carbocycles. The lowest BCUT2D eigenvalue weighted by atomic mass is 10.2. The Balaban J connectivity index is 2.46. The van der Waals surface area contributed by atoms with Gasteiger partial charge in [-0.1, -0.05) is 6.92 Å². The third kappa shape index (κ3) is 2.25. The summed E-state index contributed by atoms with van der Waals surface area (Å²) in [6.07, 6.45) is 2.44. The first kappa shape index (κ1) is 12.3. The van der Waals surface area contributed by atoms with Crippen LogP contribution in [0.1, 0.15) is 23.8 Å². The number of nitrogens with zero attached hydrogens (tertiary/aromatic N) is 2. The molecule has 0 aliphatic rings. The van der Waals surface area contributed by atoms with Crippen molar-refractivity contribution in [1.29, 1.82) is 0 Å². The molecule has 0 unspecified atom stereocenters. The van der Waals surface area contributed by atoms with E-state index in [4.69, 9.17) is 0 Å². The van der Waals surface area contributed by atoms with Crippen LogP contribution in [-0.2, 0) is 0 Å². The highest BCUT2D eigenvalue weighted by Gasteiger charge is 2.13. The molecule has 0 bridgehead atoms. The quantitative estimate of drug-likeness (QED) is 0.876. The Morgan fingerprint density at radius 2 is 2.18 bits per heavy atom. The maximum absolute atomic E-state index is 9.23. The van der Waals surface area contributed by atoms with Gasteiger partial charge in [0, 0.05) is 4.88 Å². The minimum Gasteiger partial charge on any atom is -0.394 e. The number of aliphatic hydroxyl groups is 1. The predicted molar refractivity (Wildman–Crippen MR) is 71.7 cm³/mol. The normalized spacial score (nSPS) is 12.9. The number of aryl methyl sites for hydroxylation is 2. The summed E-state index contributed by atoms with van der Waals surface area (Å²) in [5.74, 6) is 0.831. The fraction of sp³-hybridized carbons (Fsp3) is 0.500. The van der Waals surface area contributed by atoms with Gasteiger partial charge in [-0.2, -0.15) is 0 Å². The monoisotopic (exact) mass is 251 g/mol. The second-order valence-corrected chi connectivity index (χ2v) is 5.32. The molecular formula is C12H17N3OS. The summed E-state index contributed by atoms with van der Waals surface area (Å²) in [7, 11) is 0. The molecule has 0 fully saturated rings. The van der Waals surface area contributed by atoms with E-state index < -0.39 is 0 Å². The molecule has 0 aromatic carbocycles. The number of fused-ring (bicyclic) bond motifs is 1. The largest absolute Gasteiger partial charge is 0.394 e. The van der Waals surface area contributed by atoms with E-state index in [1.54, 1.807) is 17.7 Å². The third-order valence-electron chi connectivity index (χ3n) is 3.02. The minimum atomic E-state index is 0.0488. The van der Waals surface area contributed by atoms with E-state index in [1.165, 1.54) is 10.4 Å². The van der Waals surface area contributed by atoms with Crippen LogP contribution in [0.5, 0.6) is 0 Å². The standard InChI is InChI=1S/C12H17N3OS/c1-4-9(5-16)15-11-10-7(2)8(3)17-12(10)14-6-13-11/h6,9,16H,4-5H2,1-3H3,(H,13,14,15)/t9-/m0/s1. The fourth-order valence-electron chi connectivity index (χ4n) is 1.76. The van der Waals surface area contributed by atoms with E-state index in [0.29, 0.717) is 0 Å². The maximum Gasteiger partial charge on any atom is 0.138 e. The molecule has 2 N–H and O–H groups in total. The zero-order valence-corrected chi connectivity index (χ0v) is 11.1. The number of hydrogen-bond acceptors (Lipinski definition) is 5. The molecule has 0 aliphatic heterocycles. The molecule has 2 aromatic rings. The first-order chi connectivity index (χ1) is 8.17. The fourth-order valence-corrected chi connectivity index (χ4v) is 2.76. The Hall–Kier alpha value is -1.20. The van der Waals surface area contributed by atoms with E-state index in [-0.39, 0.29) is 12.6 Å². The molecule has 0 aliphatic carbocycles. The lowest BCUT2D eigenvalue weighted by molar-refractivity contribution is 0.271. The Labute approximate surface area is 105 Å². The zero-order chi connectivity index (χ0) is 12.4. The van der Waals surface area contributed by atoms with Crippen molar-refractivity contribution in [3.63, 3.8) is 0 Å². The van der Waals surface area contributed by atoms with Crippen LogP contribution in [0.4, 0.5) is 5.82 Å². The lowest BCUT2D eigenvalue weighted by Crippen LogP contribution is -2.23. The van der Waals surface area contributed by atoms with Gasteiger partial charge in [-0.15, -0.1) is 11.3 Å². The van der Waals surface area contributed by atoms with Crippen molar-refractivity contribution in [3.8, 4) is 0 Å². The highest BCUT2D eigenvalue weighted by molar-refractivity contribution is 7.18. The van der Waals surface area contributed by atoms with Crippen molar-refractivity contribution in [1.82, 2.24) is 9.97 Å². The first-order valence-corrected chi connectivity index (χ1v) is 6.57. The van der Waals surface area contributed by atoms with Gasteiger partial charge in [0.15, 0.2) is 0 Å². The molecule has 2 heterocycles. The van der Waals surface area contributed by atoms with Gasteiger partial charge in [-0.3, -0.25) is 0 Å². The van der Waals surface area contributed by atoms with Crippen molar-refractivity contribution >= 4 is 27.4 Å². The van der Waals surface area contributed by atoms with E-state index in [2.05, 4.69) is 29.1 Å². The lowest BCUT2D eigenvalue weighted by Gasteiger charge is -2.15. The summed E-state index contributed by atoms with van der Waals surface area (Å²) in [6.45, 7) is 6.33. The van der Waals surface area contributed by atoms with Gasteiger partial charge in [0.05, 0.1) is 18.0 Å². The van der Waals surface area contributed by atoms with Crippen molar-refractivity contribution in [2.24, 2.45) is 0 Å². The molecule has 0 radical (unpaired) electrons. The smallest absolute Gasteiger partial charge is 0.138 e. The summed E-state index contributed by atoms with van der Waals surface area (Å²) in [6, 6.07) is 0.0488. The van der Waals surface area contributed by atoms with Crippen molar-refractivity contribution < 1.29 is 5.11 Å². The van der Waals surface area contributed by atoms with Crippen LogP contribution >= 0.6 is 11.3 Å². The SMILES string of the molecule is CC[C@@H](CO)Nc1ncnc2sc(C)c(C)c12. The molecule has 17 heavy (non-hydrogen) atoms. The number of thiophene rings is 1. The van der Waals surface area contributed by atoms with Gasteiger partial charge in [0.2, 0.25) is 0 Å². The molecule has 0 saturated heterocycles. The Morgan fingerprint density at radius 1 is 1.41 bits per heavy atom. The Morgan fingerprint density at radius 3 is 2.82 bits per heavy atom. The zero-order valence-electron chi connectivity index (χ0n) is 10.3. The average Bonchev–Trinajstić information content (AvgIpc) is 2.63. The second kappa shape index (κ2) is 4.98. The van der Waals surface area contributed by atoms with E-state index in [0.717, 1.165) is 22.5 Å². The molecular weight excluding hydrogens is 234 g/mol. The van der Waals surface area contributed by atoms with Crippen molar-refractivity contribution in [2.75, 3.05) is 11.9 Å². The highest BCUT2D eigenvalue weighted by Crippen LogP contribution is 2.32. The van der Waals surface area contributed by atoms with Gasteiger partial charge < -0.3 is 10.4 Å². The summed E-state index contributed by atoms with van der Waals surface area (Å²) >= 11 is 1.68. The topological polar surface area (TPSA) is 58.0 Å². The molecule has 92 valence electrons. The molecule has 2 aromatic heterocycles. The number of aliphatic hydroxyl groups excluding tert-OH is 1. The number of nitrogens with one attached hydrogen (secondary N) is 1. The molecule has 4 nitrogen and oxygen atoms in total. The van der Waals surface area contributed by atoms with Crippen LogP contribution in [0.3, 0.4) is 0 Å². The third-order valence-corrected chi connectivity index (χ3v) is 4.13. The van der Waals surface area contributed by atoms with Crippen LogP contribution in [0.15, 0.2) is 6.33 Å². The van der Waals surface area contributed by atoms with Crippen LogP contribution in [0, 0.1) is 13.8 Å². The Kier molecular flexibility index (Phi) is 3.59. The predicted octanol–water partition coefficient (Wildman–Crippen LogP) is 2.49. The summed E-state index contributed by atoms with van der Waals surface area (Å²) in [4.78, 5) is 10.8. The minimum absolute atomic E-state index is 0.0488. The van der Waals surface area contributed by atoms with E-state index in [1.807, 2.05) is 6.92 Å². The van der Waals surface area contributed by atoms with Crippen LogP contribution in [0.2, 0.25) is 0 Å². The number of aromatic nitrogens is 2. The molecule has 1 atom stereocenters. The van der Waals surface area contributed by atoms with Gasteiger partial charge in [-0.25, -0.2) is 9.97 Å². The van der Waals surface area contributed by atoms with E-state index in [9.17, 15) is 5.11 Å². The second-order valence-electron chi connectivity index (χ2n) is 4.12. The molecule has 5 heteroatoms. The van der Waals surface area contributed by atoms with Crippen LogP contribution < -0.4 is 5.32 Å². The van der Waals surface area contributed by atoms with Gasteiger partial charge in [-0.05, 0) is 25.8 Å². The molecule has 2 rings (SSSR count). The summed E-state index contributed by atoms with van der Waals surface area (Å²) in [5.41, 5.74) is 1.22. The summed E-state index contributed by atoms with van der Waals surface area (Å²) in [5, 5.41) is 13.6. The number of rotatable bonds is 4. The van der Waals surface area contributed by atoms with Gasteiger partial charge >= 0.3 is 0 Å². The molecule has 0 amide bonds. The number of hydrogen-bond donors (Lipinski definition) is 2. The van der Waals surface area contributed by atoms with Crippen molar-refractivity contribution in [2.45, 2.75) is 33.2 Å². The van der Waals surface area contributed by atoms with Crippen LogP contribution in [0.25, 0.3) is 10.2 Å². The van der Waals surface area contributed by atoms with Crippen LogP contribution in [-0.4, -0.2) is 27.7 Å². The summed E-state index contributed by atoms with van der Waals surface area (Å²) < 4.78 is 0. The number of anilines is 1. The van der Waals surface area contributed by atoms with E-state index >= 15 is 0 Å². The average molecular weight is 251 g/mol. The van der Waals surface area contributed by atoms with Gasteiger partial charge in [0.1, 0.15) is 17.0 Å². The maximum atomic E-state index is 9.23. The highest BCUT2D eigenvalue weighted by atomic mass is 32.1. The first-order valence-electron chi connectivity index (χ1n) is 5.75. The van der Waals surface area contributed by atoms with Gasteiger partial charge in [0.25, 0.3) is 0 Å². The molecule has 0 spiro atoms. The van der Waals surface area contributed by atoms with Crippen molar-refractivity contribution in [3.05, 3.63) is 16.8 Å².